The van der Waals surface area contributed by atoms with Gasteiger partial charge in [0.2, 0.25) is 5.91 Å². The summed E-state index contributed by atoms with van der Waals surface area (Å²) in [5, 5.41) is 19.0. The molecule has 0 aliphatic carbocycles. The van der Waals surface area contributed by atoms with Gasteiger partial charge in [0.05, 0.1) is 6.42 Å². The fourth-order valence-electron chi connectivity index (χ4n) is 0.637. The number of rotatable bonds is 6. The maximum absolute atomic E-state index is 10.8. The molecule has 0 aliphatic heterocycles. The topological polar surface area (TPSA) is 86.6 Å². The molecule has 0 aromatic rings. The molecule has 70 valence electrons. The van der Waals surface area contributed by atoms with E-state index >= 15 is 0 Å². The van der Waals surface area contributed by atoms with Crippen LogP contribution in [0.2, 0.25) is 0 Å². The first-order chi connectivity index (χ1) is 5.66. The average Bonchev–Trinajstić information content (AvgIpc) is 2.00. The lowest BCUT2D eigenvalue weighted by atomic mass is 10.3. The Morgan fingerprint density at radius 2 is 1.92 bits per heavy atom. The molecule has 1 amide bonds. The molecule has 0 saturated carbocycles. The van der Waals surface area contributed by atoms with Gasteiger partial charge in [-0.25, -0.2) is 0 Å². The molecule has 0 aromatic carbocycles. The number of aliphatic hydroxyl groups excluding tert-OH is 1. The summed E-state index contributed by atoms with van der Waals surface area (Å²) in [7, 11) is 0. The third-order valence-electron chi connectivity index (χ3n) is 1.22. The second-order valence-corrected chi connectivity index (χ2v) is 2.32. The van der Waals surface area contributed by atoms with Crippen LogP contribution in [0.4, 0.5) is 0 Å². The largest absolute Gasteiger partial charge is 0.481 e. The summed E-state index contributed by atoms with van der Waals surface area (Å²) in [5.41, 5.74) is 0. The molecule has 0 bridgehead atoms. The van der Waals surface area contributed by atoms with Crippen molar-refractivity contribution in [2.45, 2.75) is 19.3 Å². The van der Waals surface area contributed by atoms with E-state index in [9.17, 15) is 9.59 Å². The van der Waals surface area contributed by atoms with Crippen molar-refractivity contribution in [1.29, 1.82) is 0 Å². The van der Waals surface area contributed by atoms with Crippen LogP contribution < -0.4 is 5.32 Å². The van der Waals surface area contributed by atoms with Gasteiger partial charge in [0.15, 0.2) is 0 Å². The molecule has 0 unspecified atom stereocenters. The summed E-state index contributed by atoms with van der Waals surface area (Å²) in [6, 6.07) is 0. The van der Waals surface area contributed by atoms with Crippen molar-refractivity contribution in [3.8, 4) is 0 Å². The quantitative estimate of drug-likeness (QED) is 0.500. The van der Waals surface area contributed by atoms with Crippen molar-refractivity contribution < 1.29 is 19.8 Å². The fourth-order valence-corrected chi connectivity index (χ4v) is 0.637. The lowest BCUT2D eigenvalue weighted by molar-refractivity contribution is -0.136. The Balaban J connectivity index is 3.25. The second kappa shape index (κ2) is 6.60. The van der Waals surface area contributed by atoms with Crippen molar-refractivity contribution in [3.63, 3.8) is 0 Å². The zero-order valence-electron chi connectivity index (χ0n) is 6.75. The standard InChI is InChI=1S/C7H13NO4/c9-5-1-2-6(10)8-4-3-7(11)12/h9H,1-5H2,(H,8,10)(H,11,12). The maximum Gasteiger partial charge on any atom is 0.305 e. The van der Waals surface area contributed by atoms with Gasteiger partial charge in [-0.15, -0.1) is 0 Å². The first-order valence-corrected chi connectivity index (χ1v) is 3.76. The Labute approximate surface area is 70.4 Å². The number of carbonyl (C=O) groups is 2. The van der Waals surface area contributed by atoms with E-state index in [1.165, 1.54) is 0 Å². The Bertz CT molecular complexity index is 157. The van der Waals surface area contributed by atoms with E-state index in [0.29, 0.717) is 6.42 Å². The van der Waals surface area contributed by atoms with Crippen molar-refractivity contribution >= 4 is 11.9 Å². The molecule has 0 spiro atoms. The van der Waals surface area contributed by atoms with Crippen LogP contribution in [-0.2, 0) is 9.59 Å². The minimum absolute atomic E-state index is 0.0215. The Hall–Kier alpha value is -1.10. The number of carboxylic acid groups (broad SMARTS) is 1. The summed E-state index contributed by atoms with van der Waals surface area (Å²) >= 11 is 0. The van der Waals surface area contributed by atoms with Crippen LogP contribution >= 0.6 is 0 Å². The van der Waals surface area contributed by atoms with Gasteiger partial charge in [0.25, 0.3) is 0 Å². The zero-order chi connectivity index (χ0) is 9.40. The summed E-state index contributed by atoms with van der Waals surface area (Å²) in [4.78, 5) is 20.8. The van der Waals surface area contributed by atoms with Crippen LogP contribution in [0.15, 0.2) is 0 Å². The number of carbonyl (C=O) groups excluding carboxylic acids is 1. The van der Waals surface area contributed by atoms with E-state index in [4.69, 9.17) is 10.2 Å². The highest BCUT2D eigenvalue weighted by atomic mass is 16.4. The fraction of sp³-hybridized carbons (Fsp3) is 0.714. The molecule has 0 aromatic heterocycles. The maximum atomic E-state index is 10.8. The average molecular weight is 175 g/mol. The minimum atomic E-state index is -0.933. The van der Waals surface area contributed by atoms with E-state index in [1.54, 1.807) is 0 Å². The van der Waals surface area contributed by atoms with E-state index in [2.05, 4.69) is 5.32 Å². The molecule has 0 saturated heterocycles. The molecule has 12 heavy (non-hydrogen) atoms. The predicted octanol–water partition coefficient (Wildman–Crippen LogP) is -0.650. The van der Waals surface area contributed by atoms with Crippen LogP contribution in [0, 0.1) is 0 Å². The number of hydrogen-bond donors (Lipinski definition) is 3. The van der Waals surface area contributed by atoms with Crippen molar-refractivity contribution in [1.82, 2.24) is 5.32 Å². The number of nitrogens with one attached hydrogen (secondary N) is 1. The Morgan fingerprint density at radius 3 is 2.42 bits per heavy atom. The summed E-state index contributed by atoms with van der Waals surface area (Å²) in [5.74, 6) is -1.15. The molecule has 5 heteroatoms. The van der Waals surface area contributed by atoms with Gasteiger partial charge in [-0.3, -0.25) is 9.59 Å². The molecule has 0 fully saturated rings. The van der Waals surface area contributed by atoms with Crippen LogP contribution in [0.25, 0.3) is 0 Å². The van der Waals surface area contributed by atoms with E-state index in [0.717, 1.165) is 0 Å². The summed E-state index contributed by atoms with van der Waals surface area (Å²) in [6.45, 7) is 0.131. The zero-order valence-corrected chi connectivity index (χ0v) is 6.75. The molecule has 0 atom stereocenters. The van der Waals surface area contributed by atoms with E-state index in [-0.39, 0.29) is 31.9 Å². The molecular formula is C7H13NO4. The highest BCUT2D eigenvalue weighted by Crippen LogP contribution is 1.86. The second-order valence-electron chi connectivity index (χ2n) is 2.32. The van der Waals surface area contributed by atoms with Crippen LogP contribution in [0.3, 0.4) is 0 Å². The van der Waals surface area contributed by atoms with E-state index < -0.39 is 5.97 Å². The monoisotopic (exact) mass is 175 g/mol. The Morgan fingerprint density at radius 1 is 1.25 bits per heavy atom. The minimum Gasteiger partial charge on any atom is -0.481 e. The van der Waals surface area contributed by atoms with Crippen molar-refractivity contribution in [3.05, 3.63) is 0 Å². The highest BCUT2D eigenvalue weighted by Gasteiger charge is 2.01. The van der Waals surface area contributed by atoms with Gasteiger partial charge >= 0.3 is 5.97 Å². The first kappa shape index (κ1) is 10.9. The van der Waals surface area contributed by atoms with E-state index in [1.807, 2.05) is 0 Å². The smallest absolute Gasteiger partial charge is 0.305 e. The lowest BCUT2D eigenvalue weighted by Gasteiger charge is -2.01. The predicted molar refractivity (Wildman–Crippen MR) is 41.6 cm³/mol. The molecule has 0 heterocycles. The normalized spacial score (nSPS) is 9.42. The highest BCUT2D eigenvalue weighted by molar-refractivity contribution is 5.76. The van der Waals surface area contributed by atoms with Crippen molar-refractivity contribution in [2.24, 2.45) is 0 Å². The Kier molecular flexibility index (Phi) is 6.00. The van der Waals surface area contributed by atoms with Crippen molar-refractivity contribution in [2.75, 3.05) is 13.2 Å². The summed E-state index contributed by atoms with van der Waals surface area (Å²) < 4.78 is 0. The van der Waals surface area contributed by atoms with Gasteiger partial charge in [-0.05, 0) is 6.42 Å². The van der Waals surface area contributed by atoms with Gasteiger partial charge in [0, 0.05) is 19.6 Å². The van der Waals surface area contributed by atoms with Gasteiger partial charge in [-0.2, -0.15) is 0 Å². The number of aliphatic carboxylic acids is 1. The third kappa shape index (κ3) is 7.01. The third-order valence-corrected chi connectivity index (χ3v) is 1.22. The molecule has 0 radical (unpaired) electrons. The number of hydrogen-bond acceptors (Lipinski definition) is 3. The lowest BCUT2D eigenvalue weighted by Crippen LogP contribution is -2.25. The van der Waals surface area contributed by atoms with Gasteiger partial charge < -0.3 is 15.5 Å². The molecule has 5 nitrogen and oxygen atoms in total. The van der Waals surface area contributed by atoms with Crippen LogP contribution in [0.5, 0.6) is 0 Å². The molecule has 0 rings (SSSR count). The SMILES string of the molecule is O=C(O)CCNC(=O)CCCO. The van der Waals surface area contributed by atoms with Gasteiger partial charge in [0.1, 0.15) is 0 Å². The number of amides is 1. The molecular weight excluding hydrogens is 162 g/mol. The van der Waals surface area contributed by atoms with Gasteiger partial charge in [-0.1, -0.05) is 0 Å². The van der Waals surface area contributed by atoms with Crippen LogP contribution in [-0.4, -0.2) is 35.2 Å². The molecule has 3 N–H and O–H groups in total. The molecule has 0 aliphatic rings. The number of carboxylic acids is 1. The summed E-state index contributed by atoms with van der Waals surface area (Å²) in [6.07, 6.45) is 0.597. The first-order valence-electron chi connectivity index (χ1n) is 3.76. The number of aliphatic hydroxyl groups is 1. The van der Waals surface area contributed by atoms with Crippen LogP contribution in [0.1, 0.15) is 19.3 Å².